The van der Waals surface area contributed by atoms with Crippen LogP contribution in [0.3, 0.4) is 0 Å². The molecule has 3 heterocycles. The van der Waals surface area contributed by atoms with Crippen molar-refractivity contribution in [3.8, 4) is 16.9 Å². The lowest BCUT2D eigenvalue weighted by Crippen LogP contribution is -2.20. The van der Waals surface area contributed by atoms with Gasteiger partial charge in [-0.1, -0.05) is 18.2 Å². The minimum Gasteiger partial charge on any atom is -0.276 e. The molecule has 1 N–H and O–H groups in total. The van der Waals surface area contributed by atoms with Gasteiger partial charge in [-0.25, -0.2) is 9.37 Å². The first kappa shape index (κ1) is 15.5. The van der Waals surface area contributed by atoms with E-state index in [0.717, 1.165) is 11.1 Å². The van der Waals surface area contributed by atoms with Crippen LogP contribution in [0, 0.1) is 5.82 Å². The predicted octanol–water partition coefficient (Wildman–Crippen LogP) is 4.07. The molecule has 5 rings (SSSR count). The summed E-state index contributed by atoms with van der Waals surface area (Å²) in [6.07, 6.45) is 1.66. The third kappa shape index (κ3) is 2.34. The van der Waals surface area contributed by atoms with Crippen LogP contribution < -0.4 is 5.56 Å². The predicted molar refractivity (Wildman–Crippen MR) is 102 cm³/mol. The highest BCUT2D eigenvalue weighted by molar-refractivity contribution is 6.07. The molecule has 6 heteroatoms. The van der Waals surface area contributed by atoms with E-state index in [1.807, 2.05) is 42.5 Å². The highest BCUT2D eigenvalue weighted by atomic mass is 19.1. The number of benzene rings is 2. The molecule has 0 bridgehead atoms. The van der Waals surface area contributed by atoms with Crippen molar-refractivity contribution in [1.82, 2.24) is 19.7 Å². The number of nitrogens with zero attached hydrogens (tertiary/aromatic N) is 3. The second-order valence-electron chi connectivity index (χ2n) is 6.18. The Balaban J connectivity index is 1.94. The van der Waals surface area contributed by atoms with E-state index >= 15 is 0 Å². The lowest BCUT2D eigenvalue weighted by molar-refractivity contribution is 0.628. The van der Waals surface area contributed by atoms with Gasteiger partial charge in [-0.15, -0.1) is 0 Å². The number of fused-ring (bicyclic) bond motifs is 3. The molecule has 0 fully saturated rings. The number of halogens is 1. The third-order valence-corrected chi connectivity index (χ3v) is 4.58. The van der Waals surface area contributed by atoms with E-state index in [-0.39, 0.29) is 11.4 Å². The highest BCUT2D eigenvalue weighted by Gasteiger charge is 2.19. The third-order valence-electron chi connectivity index (χ3n) is 4.58. The van der Waals surface area contributed by atoms with E-state index in [1.165, 1.54) is 12.1 Å². The zero-order valence-electron chi connectivity index (χ0n) is 14.1. The molecule has 130 valence electrons. The number of aromatic amines is 1. The van der Waals surface area contributed by atoms with Crippen molar-refractivity contribution < 1.29 is 4.39 Å². The Bertz CT molecular complexity index is 1340. The Morgan fingerprint density at radius 1 is 0.926 bits per heavy atom. The van der Waals surface area contributed by atoms with Gasteiger partial charge in [0.05, 0.1) is 16.6 Å². The Morgan fingerprint density at radius 3 is 2.48 bits per heavy atom. The maximum absolute atomic E-state index is 13.5. The average Bonchev–Trinajstić information content (AvgIpc) is 3.15. The molecule has 3 aromatic heterocycles. The van der Waals surface area contributed by atoms with Crippen LogP contribution in [-0.2, 0) is 0 Å². The van der Waals surface area contributed by atoms with Gasteiger partial charge in [-0.2, -0.15) is 5.10 Å². The van der Waals surface area contributed by atoms with Crippen molar-refractivity contribution >= 4 is 21.9 Å². The van der Waals surface area contributed by atoms with E-state index in [1.54, 1.807) is 22.9 Å². The number of rotatable bonds is 2. The van der Waals surface area contributed by atoms with E-state index in [2.05, 4.69) is 15.2 Å². The average molecular weight is 356 g/mol. The molecule has 0 unspecified atom stereocenters. The molecular weight excluding hydrogens is 343 g/mol. The first-order valence-electron chi connectivity index (χ1n) is 8.43. The second-order valence-corrected chi connectivity index (χ2v) is 6.18. The first-order chi connectivity index (χ1) is 13.2. The standard InChI is InChI=1S/C21H13FN4O/c22-14-10-8-13(9-11-14)18-17-19(25-24-18)16-7-4-12-23-20(16)26(21(17)27)15-5-2-1-3-6-15/h1-12H,(H,24,25). The van der Waals surface area contributed by atoms with Crippen LogP contribution in [0.4, 0.5) is 4.39 Å². The van der Waals surface area contributed by atoms with Gasteiger partial charge >= 0.3 is 0 Å². The molecule has 0 aliphatic rings. The summed E-state index contributed by atoms with van der Waals surface area (Å²) in [4.78, 5) is 17.9. The summed E-state index contributed by atoms with van der Waals surface area (Å²) in [5.74, 6) is -0.338. The van der Waals surface area contributed by atoms with Crippen LogP contribution in [0.2, 0.25) is 0 Å². The zero-order valence-corrected chi connectivity index (χ0v) is 14.1. The van der Waals surface area contributed by atoms with Gasteiger partial charge in [-0.3, -0.25) is 14.5 Å². The molecular formula is C21H13FN4O. The number of hydrogen-bond acceptors (Lipinski definition) is 3. The number of aromatic nitrogens is 4. The largest absolute Gasteiger partial charge is 0.276 e. The Labute approximate surface area is 152 Å². The topological polar surface area (TPSA) is 63.6 Å². The minimum absolute atomic E-state index is 0.226. The van der Waals surface area contributed by atoms with Gasteiger partial charge in [0.1, 0.15) is 17.2 Å². The van der Waals surface area contributed by atoms with Gasteiger partial charge < -0.3 is 0 Å². The molecule has 0 radical (unpaired) electrons. The zero-order chi connectivity index (χ0) is 18.4. The minimum atomic E-state index is -0.338. The summed E-state index contributed by atoms with van der Waals surface area (Å²) in [5.41, 5.74) is 2.83. The molecule has 0 aliphatic carbocycles. The maximum atomic E-state index is 13.5. The van der Waals surface area contributed by atoms with Crippen LogP contribution in [0.5, 0.6) is 0 Å². The van der Waals surface area contributed by atoms with E-state index < -0.39 is 0 Å². The molecule has 27 heavy (non-hydrogen) atoms. The molecule has 0 spiro atoms. The summed E-state index contributed by atoms with van der Waals surface area (Å²) in [6.45, 7) is 0. The summed E-state index contributed by atoms with van der Waals surface area (Å²) in [5, 5.41) is 8.56. The summed E-state index contributed by atoms with van der Waals surface area (Å²) < 4.78 is 14.9. The summed E-state index contributed by atoms with van der Waals surface area (Å²) in [7, 11) is 0. The van der Waals surface area contributed by atoms with Gasteiger partial charge in [0, 0.05) is 17.1 Å². The lowest BCUT2D eigenvalue weighted by Gasteiger charge is -2.10. The molecule has 5 nitrogen and oxygen atoms in total. The normalized spacial score (nSPS) is 11.3. The van der Waals surface area contributed by atoms with Crippen molar-refractivity contribution in [3.05, 3.63) is 89.1 Å². The molecule has 0 saturated carbocycles. The van der Waals surface area contributed by atoms with Crippen molar-refractivity contribution in [2.75, 3.05) is 0 Å². The fourth-order valence-corrected chi connectivity index (χ4v) is 3.36. The monoisotopic (exact) mass is 356 g/mol. The first-order valence-corrected chi connectivity index (χ1v) is 8.43. The number of para-hydroxylation sites is 1. The lowest BCUT2D eigenvalue weighted by atomic mass is 10.1. The number of hydrogen-bond donors (Lipinski definition) is 1. The fraction of sp³-hybridized carbons (Fsp3) is 0. The maximum Gasteiger partial charge on any atom is 0.268 e. The fourth-order valence-electron chi connectivity index (χ4n) is 3.36. The van der Waals surface area contributed by atoms with Crippen molar-refractivity contribution in [2.24, 2.45) is 0 Å². The molecule has 0 atom stereocenters. The van der Waals surface area contributed by atoms with Crippen molar-refractivity contribution in [3.63, 3.8) is 0 Å². The van der Waals surface area contributed by atoms with Crippen LogP contribution in [0.15, 0.2) is 77.7 Å². The Morgan fingerprint density at radius 2 is 1.70 bits per heavy atom. The van der Waals surface area contributed by atoms with E-state index in [4.69, 9.17) is 0 Å². The van der Waals surface area contributed by atoms with Gasteiger partial charge in [0.25, 0.3) is 5.56 Å². The van der Waals surface area contributed by atoms with E-state index in [9.17, 15) is 9.18 Å². The van der Waals surface area contributed by atoms with Crippen LogP contribution in [0.1, 0.15) is 0 Å². The summed E-state index contributed by atoms with van der Waals surface area (Å²) in [6, 6.07) is 19.0. The van der Waals surface area contributed by atoms with Gasteiger partial charge in [0.2, 0.25) is 0 Å². The SMILES string of the molecule is O=c1c2c(-c3ccc(F)cc3)n[nH]c2c2cccnc2n1-c1ccccc1. The van der Waals surface area contributed by atoms with Crippen molar-refractivity contribution in [2.45, 2.75) is 0 Å². The molecule has 0 amide bonds. The Hall–Kier alpha value is -3.80. The number of nitrogens with one attached hydrogen (secondary N) is 1. The molecule has 2 aromatic carbocycles. The van der Waals surface area contributed by atoms with Crippen LogP contribution in [0.25, 0.3) is 38.9 Å². The smallest absolute Gasteiger partial charge is 0.268 e. The second kappa shape index (κ2) is 5.88. The summed E-state index contributed by atoms with van der Waals surface area (Å²) >= 11 is 0. The Kier molecular flexibility index (Phi) is 3.36. The number of H-pyrrole nitrogens is 1. The van der Waals surface area contributed by atoms with Crippen LogP contribution >= 0.6 is 0 Å². The van der Waals surface area contributed by atoms with Gasteiger partial charge in [-0.05, 0) is 48.5 Å². The molecule has 0 aliphatic heterocycles. The van der Waals surface area contributed by atoms with Crippen LogP contribution in [-0.4, -0.2) is 19.7 Å². The van der Waals surface area contributed by atoms with Gasteiger partial charge in [0.15, 0.2) is 0 Å². The quantitative estimate of drug-likeness (QED) is 0.519. The molecule has 0 saturated heterocycles. The van der Waals surface area contributed by atoms with E-state index in [0.29, 0.717) is 27.8 Å². The number of pyridine rings is 2. The molecule has 5 aromatic rings. The van der Waals surface area contributed by atoms with Crippen molar-refractivity contribution in [1.29, 1.82) is 0 Å². The highest BCUT2D eigenvalue weighted by Crippen LogP contribution is 2.29.